The molecule has 5 heteroatoms. The third kappa shape index (κ3) is 2.98. The van der Waals surface area contributed by atoms with E-state index in [4.69, 9.17) is 4.55 Å². The second-order valence-electron chi connectivity index (χ2n) is 2.25. The van der Waals surface area contributed by atoms with Gasteiger partial charge in [0.2, 0.25) is 0 Å². The van der Waals surface area contributed by atoms with Crippen molar-refractivity contribution in [1.29, 1.82) is 0 Å². The van der Waals surface area contributed by atoms with Gasteiger partial charge in [-0.15, -0.1) is 0 Å². The van der Waals surface area contributed by atoms with Crippen LogP contribution in [0.5, 0.6) is 0 Å². The molecule has 0 aromatic heterocycles. The molecule has 0 aliphatic carbocycles. The Hall–Kier alpha value is -1.17. The Balaban J connectivity index is 0.00000144. The summed E-state index contributed by atoms with van der Waals surface area (Å²) in [5.74, 6) is 0. The molecule has 1 aromatic rings. The van der Waals surface area contributed by atoms with E-state index in [1.807, 2.05) is 0 Å². The second-order valence-corrected chi connectivity index (χ2v) is 3.67. The molecule has 0 aliphatic rings. The zero-order valence-electron chi connectivity index (χ0n) is 6.97. The van der Waals surface area contributed by atoms with Gasteiger partial charge < -0.3 is 6.15 Å². The van der Waals surface area contributed by atoms with Crippen molar-refractivity contribution in [3.8, 4) is 0 Å². The van der Waals surface area contributed by atoms with Crippen LogP contribution in [0, 0.1) is 0 Å². The summed E-state index contributed by atoms with van der Waals surface area (Å²) in [5.41, 5.74) is 0.658. The molecule has 1 rings (SSSR count). The van der Waals surface area contributed by atoms with Crippen LogP contribution in [0.4, 0.5) is 0 Å². The lowest BCUT2D eigenvalue weighted by Gasteiger charge is -1.97. The number of hydrogen-bond acceptors (Lipinski definition) is 3. The standard InChI is InChI=1S/C8H8O3S.H3N/c1-2-7-4-3-5-8(6-7)12(9,10)11;/h2-6H,1H2,(H,9,10,11);1H3. The van der Waals surface area contributed by atoms with Crippen LogP contribution in [0.2, 0.25) is 0 Å². The Labute approximate surface area is 77.2 Å². The maximum atomic E-state index is 10.6. The van der Waals surface area contributed by atoms with Crippen LogP contribution in [0.3, 0.4) is 0 Å². The number of benzene rings is 1. The topological polar surface area (TPSA) is 89.4 Å². The minimum absolute atomic E-state index is 0. The maximum Gasteiger partial charge on any atom is 0.294 e. The Morgan fingerprint density at radius 1 is 1.38 bits per heavy atom. The summed E-state index contributed by atoms with van der Waals surface area (Å²) in [4.78, 5) is -0.111. The Morgan fingerprint density at radius 3 is 2.46 bits per heavy atom. The molecule has 0 aliphatic heterocycles. The van der Waals surface area contributed by atoms with Crippen LogP contribution in [0.1, 0.15) is 5.56 Å². The van der Waals surface area contributed by atoms with Crippen molar-refractivity contribution in [2.75, 3.05) is 0 Å². The summed E-state index contributed by atoms with van der Waals surface area (Å²) >= 11 is 0. The van der Waals surface area contributed by atoms with Gasteiger partial charge >= 0.3 is 0 Å². The van der Waals surface area contributed by atoms with E-state index in [0.29, 0.717) is 5.56 Å². The van der Waals surface area contributed by atoms with E-state index in [1.54, 1.807) is 12.1 Å². The highest BCUT2D eigenvalue weighted by atomic mass is 32.2. The molecule has 0 bridgehead atoms. The van der Waals surface area contributed by atoms with E-state index in [-0.39, 0.29) is 11.0 Å². The van der Waals surface area contributed by atoms with E-state index in [1.165, 1.54) is 18.2 Å². The van der Waals surface area contributed by atoms with E-state index in [0.717, 1.165) is 0 Å². The van der Waals surface area contributed by atoms with Crippen molar-refractivity contribution < 1.29 is 13.0 Å². The van der Waals surface area contributed by atoms with E-state index < -0.39 is 10.1 Å². The molecule has 0 saturated carbocycles. The predicted octanol–water partition coefficient (Wildman–Crippen LogP) is 1.74. The van der Waals surface area contributed by atoms with Gasteiger partial charge in [-0.25, -0.2) is 0 Å². The average molecular weight is 201 g/mol. The molecule has 0 atom stereocenters. The van der Waals surface area contributed by atoms with Crippen LogP contribution >= 0.6 is 0 Å². The summed E-state index contributed by atoms with van der Waals surface area (Å²) < 4.78 is 29.9. The summed E-state index contributed by atoms with van der Waals surface area (Å²) in [6, 6.07) is 5.91. The highest BCUT2D eigenvalue weighted by molar-refractivity contribution is 7.85. The van der Waals surface area contributed by atoms with Gasteiger partial charge in [0.15, 0.2) is 0 Å². The summed E-state index contributed by atoms with van der Waals surface area (Å²) in [7, 11) is -4.08. The third-order valence-electron chi connectivity index (χ3n) is 1.39. The van der Waals surface area contributed by atoms with E-state index in [2.05, 4.69) is 6.58 Å². The zero-order valence-corrected chi connectivity index (χ0v) is 7.79. The molecule has 4 N–H and O–H groups in total. The molecule has 0 heterocycles. The molecule has 1 aromatic carbocycles. The SMILES string of the molecule is C=Cc1cccc(S(=O)(=O)O)c1.N. The molecule has 72 valence electrons. The van der Waals surface area contributed by atoms with Gasteiger partial charge in [-0.3, -0.25) is 4.55 Å². The quantitative estimate of drug-likeness (QED) is 0.713. The number of hydrogen-bond donors (Lipinski definition) is 2. The molecule has 0 radical (unpaired) electrons. The predicted molar refractivity (Wildman–Crippen MR) is 51.4 cm³/mol. The summed E-state index contributed by atoms with van der Waals surface area (Å²) in [6.07, 6.45) is 1.51. The first-order valence-corrected chi connectivity index (χ1v) is 4.68. The van der Waals surface area contributed by atoms with Gasteiger partial charge in [-0.2, -0.15) is 8.42 Å². The minimum Gasteiger partial charge on any atom is -0.344 e. The normalized spacial score (nSPS) is 10.2. The maximum absolute atomic E-state index is 10.6. The first-order chi connectivity index (χ1) is 5.54. The number of rotatable bonds is 2. The molecule has 4 nitrogen and oxygen atoms in total. The highest BCUT2D eigenvalue weighted by Crippen LogP contribution is 2.11. The van der Waals surface area contributed by atoms with E-state index >= 15 is 0 Å². The van der Waals surface area contributed by atoms with E-state index in [9.17, 15) is 8.42 Å². The molecular weight excluding hydrogens is 190 g/mol. The van der Waals surface area contributed by atoms with Crippen molar-refractivity contribution in [3.63, 3.8) is 0 Å². The van der Waals surface area contributed by atoms with Gasteiger partial charge in [0.05, 0.1) is 4.90 Å². The average Bonchev–Trinajstić information content (AvgIpc) is 2.03. The smallest absolute Gasteiger partial charge is 0.294 e. The largest absolute Gasteiger partial charge is 0.344 e. The highest BCUT2D eigenvalue weighted by Gasteiger charge is 2.07. The molecule has 0 amide bonds. The van der Waals surface area contributed by atoms with Crippen LogP contribution in [0.25, 0.3) is 6.08 Å². The van der Waals surface area contributed by atoms with Crippen molar-refractivity contribution in [2.24, 2.45) is 0 Å². The van der Waals surface area contributed by atoms with Crippen molar-refractivity contribution >= 4 is 16.2 Å². The molecule has 0 spiro atoms. The van der Waals surface area contributed by atoms with Gasteiger partial charge in [0.25, 0.3) is 10.1 Å². The van der Waals surface area contributed by atoms with Crippen LogP contribution in [0.15, 0.2) is 35.7 Å². The van der Waals surface area contributed by atoms with Crippen LogP contribution < -0.4 is 6.15 Å². The monoisotopic (exact) mass is 201 g/mol. The Bertz CT molecular complexity index is 398. The van der Waals surface area contributed by atoms with Crippen LogP contribution in [-0.2, 0) is 10.1 Å². The first kappa shape index (κ1) is 11.8. The Kier molecular flexibility index (Phi) is 3.80. The van der Waals surface area contributed by atoms with Gasteiger partial charge in [0.1, 0.15) is 0 Å². The fourth-order valence-corrected chi connectivity index (χ4v) is 1.34. The molecule has 13 heavy (non-hydrogen) atoms. The van der Waals surface area contributed by atoms with Gasteiger partial charge in [0, 0.05) is 0 Å². The second kappa shape index (κ2) is 4.18. The van der Waals surface area contributed by atoms with Crippen molar-refractivity contribution in [2.45, 2.75) is 4.90 Å². The van der Waals surface area contributed by atoms with Crippen molar-refractivity contribution in [1.82, 2.24) is 6.15 Å². The zero-order chi connectivity index (χ0) is 9.19. The van der Waals surface area contributed by atoms with Crippen molar-refractivity contribution in [3.05, 3.63) is 36.4 Å². The summed E-state index contributed by atoms with van der Waals surface area (Å²) in [6.45, 7) is 3.48. The first-order valence-electron chi connectivity index (χ1n) is 3.24. The lowest BCUT2D eigenvalue weighted by Crippen LogP contribution is -1.97. The molecule has 0 saturated heterocycles. The molecule has 0 unspecified atom stereocenters. The third-order valence-corrected chi connectivity index (χ3v) is 2.24. The fraction of sp³-hybridized carbons (Fsp3) is 0. The van der Waals surface area contributed by atoms with Gasteiger partial charge in [-0.05, 0) is 17.7 Å². The molecule has 0 fully saturated rings. The van der Waals surface area contributed by atoms with Gasteiger partial charge in [-0.1, -0.05) is 24.8 Å². The molecular formula is C8H11NO3S. The van der Waals surface area contributed by atoms with Crippen LogP contribution in [-0.4, -0.2) is 13.0 Å². The summed E-state index contributed by atoms with van der Waals surface area (Å²) in [5, 5.41) is 0. The Morgan fingerprint density at radius 2 is 2.00 bits per heavy atom. The lowest BCUT2D eigenvalue weighted by molar-refractivity contribution is 0.483. The fourth-order valence-electron chi connectivity index (χ4n) is 0.802. The minimum atomic E-state index is -4.08. The lowest BCUT2D eigenvalue weighted by atomic mass is 10.2.